The van der Waals surface area contributed by atoms with Crippen molar-refractivity contribution < 1.29 is 14.3 Å². The summed E-state index contributed by atoms with van der Waals surface area (Å²) in [6.45, 7) is -0.199. The van der Waals surface area contributed by atoms with Gasteiger partial charge in [-0.25, -0.2) is 0 Å². The van der Waals surface area contributed by atoms with Gasteiger partial charge in [0.1, 0.15) is 5.75 Å². The minimum atomic E-state index is -0.375. The van der Waals surface area contributed by atoms with Crippen LogP contribution in [0.15, 0.2) is 30.0 Å². The molecule has 21 heavy (non-hydrogen) atoms. The van der Waals surface area contributed by atoms with Gasteiger partial charge in [-0.2, -0.15) is 0 Å². The highest BCUT2D eigenvalue weighted by molar-refractivity contribution is 6.35. The highest BCUT2D eigenvalue weighted by Gasteiger charge is 2.11. The monoisotopic (exact) mass is 328 g/mol. The molecule has 0 heterocycles. The van der Waals surface area contributed by atoms with Crippen molar-refractivity contribution in [2.75, 3.05) is 6.61 Å². The third-order valence-electron chi connectivity index (χ3n) is 2.82. The Morgan fingerprint density at radius 1 is 1.29 bits per heavy atom. The fourth-order valence-electron chi connectivity index (χ4n) is 1.81. The SMILES string of the molecule is O=C1C=C(NNC(=O)COc2ccc(Cl)cc2Cl)CCC1. The fraction of sp³-hybridized carbons (Fsp3) is 0.286. The lowest BCUT2D eigenvalue weighted by atomic mass is 10.0. The van der Waals surface area contributed by atoms with E-state index < -0.39 is 0 Å². The zero-order valence-electron chi connectivity index (χ0n) is 11.1. The van der Waals surface area contributed by atoms with Crippen LogP contribution in [0.5, 0.6) is 5.75 Å². The maximum atomic E-state index is 11.6. The molecule has 2 N–H and O–H groups in total. The number of hydrazine groups is 1. The van der Waals surface area contributed by atoms with E-state index in [1.165, 1.54) is 12.1 Å². The van der Waals surface area contributed by atoms with Gasteiger partial charge in [-0.3, -0.25) is 15.0 Å². The average molecular weight is 329 g/mol. The van der Waals surface area contributed by atoms with Crippen LogP contribution in [0, 0.1) is 0 Å². The van der Waals surface area contributed by atoms with Crippen LogP contribution < -0.4 is 15.6 Å². The van der Waals surface area contributed by atoms with E-state index in [-0.39, 0.29) is 18.3 Å². The molecule has 0 aliphatic heterocycles. The first kappa shape index (κ1) is 15.7. The van der Waals surface area contributed by atoms with Crippen LogP contribution in [0.25, 0.3) is 0 Å². The van der Waals surface area contributed by atoms with Crippen LogP contribution in [0.3, 0.4) is 0 Å². The Hall–Kier alpha value is -1.72. The van der Waals surface area contributed by atoms with E-state index in [0.29, 0.717) is 27.9 Å². The number of rotatable bonds is 5. The van der Waals surface area contributed by atoms with E-state index in [0.717, 1.165) is 12.8 Å². The molecule has 0 spiro atoms. The standard InChI is InChI=1S/C14H14Cl2N2O3/c15-9-4-5-13(12(16)6-9)21-8-14(20)18-17-10-2-1-3-11(19)7-10/h4-7,17H,1-3,8H2,(H,18,20). The van der Waals surface area contributed by atoms with Crippen LogP contribution >= 0.6 is 23.2 Å². The highest BCUT2D eigenvalue weighted by Crippen LogP contribution is 2.27. The molecule has 0 saturated heterocycles. The van der Waals surface area contributed by atoms with Gasteiger partial charge in [-0.15, -0.1) is 0 Å². The number of amides is 1. The zero-order valence-corrected chi connectivity index (χ0v) is 12.6. The number of carbonyl (C=O) groups is 2. The first-order valence-electron chi connectivity index (χ1n) is 6.41. The Labute approximate surface area is 132 Å². The molecule has 112 valence electrons. The topological polar surface area (TPSA) is 67.4 Å². The molecule has 1 aliphatic carbocycles. The van der Waals surface area contributed by atoms with Crippen molar-refractivity contribution in [2.45, 2.75) is 19.3 Å². The van der Waals surface area contributed by atoms with Gasteiger partial charge in [0.15, 0.2) is 12.4 Å². The minimum absolute atomic E-state index is 0.0576. The van der Waals surface area contributed by atoms with E-state index in [9.17, 15) is 9.59 Å². The van der Waals surface area contributed by atoms with Gasteiger partial charge in [-0.05, 0) is 31.0 Å². The van der Waals surface area contributed by atoms with Crippen LogP contribution in [0.2, 0.25) is 10.0 Å². The van der Waals surface area contributed by atoms with Crippen molar-refractivity contribution in [1.29, 1.82) is 0 Å². The molecule has 1 aromatic rings. The van der Waals surface area contributed by atoms with Gasteiger partial charge in [0.05, 0.1) is 5.02 Å². The predicted octanol–water partition coefficient (Wildman–Crippen LogP) is 2.63. The van der Waals surface area contributed by atoms with Crippen molar-refractivity contribution in [1.82, 2.24) is 10.9 Å². The molecule has 0 atom stereocenters. The second kappa shape index (κ2) is 7.33. The summed E-state index contributed by atoms with van der Waals surface area (Å²) in [6.07, 6.45) is 3.57. The maximum absolute atomic E-state index is 11.6. The lowest BCUT2D eigenvalue weighted by Crippen LogP contribution is -2.40. The number of nitrogens with one attached hydrogen (secondary N) is 2. The summed E-state index contributed by atoms with van der Waals surface area (Å²) < 4.78 is 5.29. The summed E-state index contributed by atoms with van der Waals surface area (Å²) in [5, 5.41) is 0.830. The molecule has 1 aliphatic rings. The fourth-order valence-corrected chi connectivity index (χ4v) is 2.28. The van der Waals surface area contributed by atoms with Crippen LogP contribution in [-0.4, -0.2) is 18.3 Å². The van der Waals surface area contributed by atoms with Crippen molar-refractivity contribution in [2.24, 2.45) is 0 Å². The Balaban J connectivity index is 1.78. The molecule has 2 rings (SSSR count). The summed E-state index contributed by atoms with van der Waals surface area (Å²) >= 11 is 11.7. The first-order valence-corrected chi connectivity index (χ1v) is 7.16. The van der Waals surface area contributed by atoms with Crippen LogP contribution in [0.1, 0.15) is 19.3 Å². The van der Waals surface area contributed by atoms with E-state index in [1.54, 1.807) is 12.1 Å². The summed E-state index contributed by atoms with van der Waals surface area (Å²) in [7, 11) is 0. The molecule has 0 unspecified atom stereocenters. The summed E-state index contributed by atoms with van der Waals surface area (Å²) in [4.78, 5) is 22.9. The van der Waals surface area contributed by atoms with Crippen molar-refractivity contribution in [3.05, 3.63) is 40.0 Å². The Kier molecular flexibility index (Phi) is 5.47. The van der Waals surface area contributed by atoms with Crippen molar-refractivity contribution in [3.8, 4) is 5.75 Å². The van der Waals surface area contributed by atoms with Gasteiger partial charge >= 0.3 is 0 Å². The number of allylic oxidation sites excluding steroid dienone is 2. The van der Waals surface area contributed by atoms with Crippen molar-refractivity contribution >= 4 is 34.9 Å². The zero-order chi connectivity index (χ0) is 15.2. The maximum Gasteiger partial charge on any atom is 0.276 e. The van der Waals surface area contributed by atoms with Gasteiger partial charge < -0.3 is 10.2 Å². The molecule has 0 fully saturated rings. The van der Waals surface area contributed by atoms with Gasteiger partial charge in [0.2, 0.25) is 0 Å². The summed E-state index contributed by atoms with van der Waals surface area (Å²) in [5.74, 6) is 0.0606. The lowest BCUT2D eigenvalue weighted by Gasteiger charge is -2.15. The largest absolute Gasteiger partial charge is 0.482 e. The molecule has 0 radical (unpaired) electrons. The van der Waals surface area contributed by atoms with E-state index in [4.69, 9.17) is 27.9 Å². The van der Waals surface area contributed by atoms with Gasteiger partial charge in [0, 0.05) is 23.2 Å². The molecular weight excluding hydrogens is 315 g/mol. The molecule has 0 bridgehead atoms. The molecule has 1 aromatic carbocycles. The Morgan fingerprint density at radius 2 is 2.10 bits per heavy atom. The second-order valence-electron chi connectivity index (χ2n) is 4.53. The summed E-state index contributed by atoms with van der Waals surface area (Å²) in [5.41, 5.74) is 5.89. The lowest BCUT2D eigenvalue weighted by molar-refractivity contribution is -0.124. The Bertz CT molecular complexity index is 588. The van der Waals surface area contributed by atoms with E-state index in [1.807, 2.05) is 0 Å². The molecular formula is C14H14Cl2N2O3. The predicted molar refractivity (Wildman–Crippen MR) is 80.2 cm³/mol. The molecule has 0 saturated carbocycles. The number of hydrogen-bond donors (Lipinski definition) is 2. The van der Waals surface area contributed by atoms with Gasteiger partial charge in [0.25, 0.3) is 5.91 Å². The van der Waals surface area contributed by atoms with Crippen LogP contribution in [-0.2, 0) is 9.59 Å². The quantitative estimate of drug-likeness (QED) is 0.815. The third-order valence-corrected chi connectivity index (χ3v) is 3.35. The second-order valence-corrected chi connectivity index (χ2v) is 5.37. The number of ketones is 1. The normalized spacial score (nSPS) is 14.4. The highest BCUT2D eigenvalue weighted by atomic mass is 35.5. The average Bonchev–Trinajstić information content (AvgIpc) is 2.44. The number of halogens is 2. The van der Waals surface area contributed by atoms with Gasteiger partial charge in [-0.1, -0.05) is 23.2 Å². The molecule has 0 aromatic heterocycles. The number of carbonyl (C=O) groups excluding carboxylic acids is 2. The number of hydrogen-bond acceptors (Lipinski definition) is 4. The molecule has 5 nitrogen and oxygen atoms in total. The Morgan fingerprint density at radius 3 is 2.81 bits per heavy atom. The molecule has 7 heteroatoms. The van der Waals surface area contributed by atoms with E-state index >= 15 is 0 Å². The van der Waals surface area contributed by atoms with Crippen molar-refractivity contribution in [3.63, 3.8) is 0 Å². The molecule has 1 amide bonds. The minimum Gasteiger partial charge on any atom is -0.482 e. The smallest absolute Gasteiger partial charge is 0.276 e. The van der Waals surface area contributed by atoms with E-state index in [2.05, 4.69) is 10.9 Å². The summed E-state index contributed by atoms with van der Waals surface area (Å²) in [6, 6.07) is 4.75. The number of benzene rings is 1. The van der Waals surface area contributed by atoms with Crippen LogP contribution in [0.4, 0.5) is 0 Å². The third kappa shape index (κ3) is 4.95. The number of ether oxygens (including phenoxy) is 1. The first-order chi connectivity index (χ1) is 10.0.